The highest BCUT2D eigenvalue weighted by atomic mass is 16.1. The molecular weight excluding hydrogens is 168 g/mol. The summed E-state index contributed by atoms with van der Waals surface area (Å²) < 4.78 is 0. The minimum Gasteiger partial charge on any atom is -0.370 e. The molecule has 0 aliphatic heterocycles. The zero-order valence-electron chi connectivity index (χ0n) is 7.30. The van der Waals surface area contributed by atoms with Crippen molar-refractivity contribution in [3.05, 3.63) is 23.4 Å². The third kappa shape index (κ3) is 2.18. The van der Waals surface area contributed by atoms with E-state index in [9.17, 15) is 9.59 Å². The Balaban J connectivity index is 2.54. The quantitative estimate of drug-likeness (QED) is 0.594. The van der Waals surface area contributed by atoms with Crippen LogP contribution in [0.1, 0.15) is 19.3 Å². The van der Waals surface area contributed by atoms with Gasteiger partial charge in [-0.1, -0.05) is 6.58 Å². The van der Waals surface area contributed by atoms with Crippen molar-refractivity contribution < 1.29 is 9.59 Å². The number of amides is 2. The van der Waals surface area contributed by atoms with E-state index in [1.54, 1.807) is 0 Å². The molecule has 0 aromatic heterocycles. The summed E-state index contributed by atoms with van der Waals surface area (Å²) in [7, 11) is 0. The lowest BCUT2D eigenvalue weighted by molar-refractivity contribution is -0.118. The van der Waals surface area contributed by atoms with Crippen LogP contribution in [0.4, 0.5) is 0 Å². The molecule has 0 unspecified atom stereocenters. The van der Waals surface area contributed by atoms with E-state index in [4.69, 9.17) is 5.73 Å². The summed E-state index contributed by atoms with van der Waals surface area (Å²) in [5.41, 5.74) is 7.81. The van der Waals surface area contributed by atoms with Gasteiger partial charge in [0.1, 0.15) is 0 Å². The molecule has 0 saturated heterocycles. The van der Waals surface area contributed by atoms with Gasteiger partial charge >= 0.3 is 0 Å². The third-order valence-electron chi connectivity index (χ3n) is 2.04. The molecule has 0 bridgehead atoms. The maximum absolute atomic E-state index is 10.5. The van der Waals surface area contributed by atoms with E-state index in [0.717, 1.165) is 16.8 Å². The third-order valence-corrected chi connectivity index (χ3v) is 2.04. The van der Waals surface area contributed by atoms with Crippen LogP contribution in [0.25, 0.3) is 0 Å². The number of hydrogen-bond donors (Lipinski definition) is 2. The molecule has 0 fully saturated rings. The first-order valence-corrected chi connectivity index (χ1v) is 4.03. The van der Waals surface area contributed by atoms with Gasteiger partial charge in [0.15, 0.2) is 0 Å². The number of allylic oxidation sites excluding steroid dienone is 2. The average Bonchev–Trinajstić information content (AvgIpc) is 2.03. The molecule has 2 amide bonds. The van der Waals surface area contributed by atoms with Crippen LogP contribution in [0.3, 0.4) is 0 Å². The highest BCUT2D eigenvalue weighted by Gasteiger charge is 2.20. The van der Waals surface area contributed by atoms with Crippen LogP contribution < -0.4 is 11.1 Å². The van der Waals surface area contributed by atoms with Crippen molar-refractivity contribution in [1.82, 2.24) is 5.32 Å². The van der Waals surface area contributed by atoms with E-state index in [1.807, 2.05) is 0 Å². The maximum Gasteiger partial charge on any atom is 0.217 e. The van der Waals surface area contributed by atoms with Crippen molar-refractivity contribution in [2.45, 2.75) is 19.3 Å². The number of primary amides is 1. The fourth-order valence-corrected chi connectivity index (χ4v) is 1.32. The van der Waals surface area contributed by atoms with Gasteiger partial charge in [-0.2, -0.15) is 0 Å². The van der Waals surface area contributed by atoms with Crippen molar-refractivity contribution >= 4 is 12.3 Å². The fraction of sp³-hybridized carbons (Fsp3) is 0.333. The largest absolute Gasteiger partial charge is 0.370 e. The lowest BCUT2D eigenvalue weighted by Gasteiger charge is -2.25. The number of hydrogen-bond acceptors (Lipinski definition) is 2. The number of carbonyl (C=O) groups excluding carboxylic acids is 2. The summed E-state index contributed by atoms with van der Waals surface area (Å²) >= 11 is 0. The lowest BCUT2D eigenvalue weighted by atomic mass is 9.85. The Labute approximate surface area is 76.5 Å². The zero-order valence-corrected chi connectivity index (χ0v) is 7.30. The second-order valence-corrected chi connectivity index (χ2v) is 2.97. The number of nitrogens with one attached hydrogen (secondary N) is 1. The van der Waals surface area contributed by atoms with Crippen molar-refractivity contribution in [2.24, 2.45) is 5.73 Å². The number of carbonyl (C=O) groups is 2. The van der Waals surface area contributed by atoms with Gasteiger partial charge < -0.3 is 11.1 Å². The second kappa shape index (κ2) is 3.89. The van der Waals surface area contributed by atoms with Gasteiger partial charge in [0.05, 0.1) is 0 Å². The molecule has 4 nitrogen and oxygen atoms in total. The maximum atomic E-state index is 10.5. The summed E-state index contributed by atoms with van der Waals surface area (Å²) in [6, 6.07) is 0. The van der Waals surface area contributed by atoms with Crippen LogP contribution in [0.2, 0.25) is 0 Å². The molecule has 13 heavy (non-hydrogen) atoms. The Morgan fingerprint density at radius 3 is 2.85 bits per heavy atom. The van der Waals surface area contributed by atoms with Crippen LogP contribution in [0.15, 0.2) is 23.4 Å². The minimum atomic E-state index is -0.336. The first-order chi connectivity index (χ1) is 6.15. The molecule has 1 rings (SSSR count). The van der Waals surface area contributed by atoms with Gasteiger partial charge in [0.2, 0.25) is 12.3 Å². The predicted octanol–water partition coefficient (Wildman–Crippen LogP) is 0.212. The molecule has 1 aliphatic carbocycles. The van der Waals surface area contributed by atoms with Crippen LogP contribution in [-0.2, 0) is 9.59 Å². The Hall–Kier alpha value is -1.58. The fourth-order valence-electron chi connectivity index (χ4n) is 1.32. The molecule has 70 valence electrons. The smallest absolute Gasteiger partial charge is 0.217 e. The number of nitrogens with two attached hydrogens (primary N) is 1. The molecule has 0 saturated carbocycles. The summed E-state index contributed by atoms with van der Waals surface area (Å²) in [4.78, 5) is 20.6. The molecule has 1 aliphatic rings. The minimum absolute atomic E-state index is 0.304. The molecule has 0 spiro atoms. The van der Waals surface area contributed by atoms with Crippen molar-refractivity contribution in [3.8, 4) is 0 Å². The first kappa shape index (κ1) is 9.51. The van der Waals surface area contributed by atoms with Crippen LogP contribution >= 0.6 is 0 Å². The van der Waals surface area contributed by atoms with E-state index in [0.29, 0.717) is 25.7 Å². The van der Waals surface area contributed by atoms with Gasteiger partial charge in [-0.3, -0.25) is 9.59 Å². The highest BCUT2D eigenvalue weighted by Crippen LogP contribution is 2.33. The van der Waals surface area contributed by atoms with Crippen LogP contribution in [-0.4, -0.2) is 12.3 Å². The van der Waals surface area contributed by atoms with Gasteiger partial charge in [-0.15, -0.1) is 0 Å². The lowest BCUT2D eigenvalue weighted by Crippen LogP contribution is -2.22. The molecule has 0 aromatic carbocycles. The summed E-state index contributed by atoms with van der Waals surface area (Å²) in [5, 5.41) is 2.57. The zero-order chi connectivity index (χ0) is 9.84. The van der Waals surface area contributed by atoms with Gasteiger partial charge in [-0.25, -0.2) is 0 Å². The molecule has 4 heteroatoms. The summed E-state index contributed by atoms with van der Waals surface area (Å²) in [6.45, 7) is 3.79. The van der Waals surface area contributed by atoms with Gasteiger partial charge in [-0.05, 0) is 17.6 Å². The standard InChI is InChI=1S/C9H12N2O2/c1-6-4-8(11-5-12)7(6)2-3-9(10)13/h5H,1-4H2,(H2,10,13)(H,11,12). The van der Waals surface area contributed by atoms with Crippen molar-refractivity contribution in [3.63, 3.8) is 0 Å². The summed E-state index contributed by atoms with van der Waals surface area (Å²) in [5.74, 6) is -0.336. The number of rotatable bonds is 5. The Morgan fingerprint density at radius 2 is 2.38 bits per heavy atom. The van der Waals surface area contributed by atoms with E-state index in [-0.39, 0.29) is 5.91 Å². The molecule has 0 atom stereocenters. The van der Waals surface area contributed by atoms with E-state index < -0.39 is 0 Å². The second-order valence-electron chi connectivity index (χ2n) is 2.97. The monoisotopic (exact) mass is 180 g/mol. The van der Waals surface area contributed by atoms with Crippen LogP contribution in [0, 0.1) is 0 Å². The SMILES string of the molecule is C=C1CC(NC=O)=C1CCC(N)=O. The molecule has 3 N–H and O–H groups in total. The Morgan fingerprint density at radius 1 is 1.69 bits per heavy atom. The van der Waals surface area contributed by atoms with Crippen LogP contribution in [0.5, 0.6) is 0 Å². The van der Waals surface area contributed by atoms with Gasteiger partial charge in [0.25, 0.3) is 0 Å². The van der Waals surface area contributed by atoms with E-state index in [2.05, 4.69) is 11.9 Å². The highest BCUT2D eigenvalue weighted by molar-refractivity contribution is 5.74. The topological polar surface area (TPSA) is 72.2 Å². The van der Waals surface area contributed by atoms with Crippen molar-refractivity contribution in [2.75, 3.05) is 0 Å². The first-order valence-electron chi connectivity index (χ1n) is 4.03. The molecule has 0 radical (unpaired) electrons. The molecule has 0 aromatic rings. The Bertz CT molecular complexity index is 292. The molecule has 0 heterocycles. The average molecular weight is 180 g/mol. The van der Waals surface area contributed by atoms with Crippen molar-refractivity contribution in [1.29, 1.82) is 0 Å². The van der Waals surface area contributed by atoms with E-state index >= 15 is 0 Å². The van der Waals surface area contributed by atoms with E-state index in [1.165, 1.54) is 0 Å². The normalized spacial score (nSPS) is 15.2. The Kier molecular flexibility index (Phi) is 2.84. The molecular formula is C9H12N2O2. The van der Waals surface area contributed by atoms with Gasteiger partial charge in [0, 0.05) is 18.5 Å². The predicted molar refractivity (Wildman–Crippen MR) is 48.4 cm³/mol. The summed E-state index contributed by atoms with van der Waals surface area (Å²) in [6.07, 6.45) is 2.21.